The van der Waals surface area contributed by atoms with Crippen molar-refractivity contribution in [2.75, 3.05) is 7.11 Å². The Balaban J connectivity index is 2.18. The Bertz CT molecular complexity index is 664. The highest BCUT2D eigenvalue weighted by molar-refractivity contribution is 5.97. The summed E-state index contributed by atoms with van der Waals surface area (Å²) < 4.78 is 4.90. The van der Waals surface area contributed by atoms with Gasteiger partial charge < -0.3 is 10.1 Å². The van der Waals surface area contributed by atoms with E-state index in [-0.39, 0.29) is 23.8 Å². The first-order valence-corrected chi connectivity index (χ1v) is 9.41. The number of hydrogen-bond acceptors (Lipinski definition) is 6. The number of aromatic nitrogens is 2. The van der Waals surface area contributed by atoms with Crippen LogP contribution in [0.2, 0.25) is 0 Å². The Morgan fingerprint density at radius 2 is 1.89 bits per heavy atom. The second-order valence-electron chi connectivity index (χ2n) is 8.20. The maximum Gasteiger partial charge on any atom is 0.309 e. The van der Waals surface area contributed by atoms with Gasteiger partial charge in [0.1, 0.15) is 5.69 Å². The molecule has 0 spiro atoms. The lowest BCUT2D eigenvalue weighted by Gasteiger charge is -2.30. The van der Waals surface area contributed by atoms with Crippen LogP contribution in [0.5, 0.6) is 0 Å². The smallest absolute Gasteiger partial charge is 0.309 e. The van der Waals surface area contributed by atoms with E-state index >= 15 is 0 Å². The summed E-state index contributed by atoms with van der Waals surface area (Å²) in [5.74, 6) is -1.44. The lowest BCUT2D eigenvalue weighted by atomic mass is 9.76. The van der Waals surface area contributed by atoms with E-state index in [1.54, 1.807) is 0 Å². The molecule has 1 aromatic heterocycles. The topological polar surface area (TPSA) is 98.2 Å². The van der Waals surface area contributed by atoms with Crippen LogP contribution in [0.3, 0.4) is 0 Å². The Hall–Kier alpha value is -2.31. The third-order valence-corrected chi connectivity index (χ3v) is 5.24. The molecule has 2 rings (SSSR count). The fourth-order valence-corrected chi connectivity index (χ4v) is 3.60. The van der Waals surface area contributed by atoms with E-state index in [0.717, 1.165) is 25.7 Å². The van der Waals surface area contributed by atoms with Gasteiger partial charge in [-0.3, -0.25) is 19.4 Å². The molecule has 0 aliphatic heterocycles. The van der Waals surface area contributed by atoms with Gasteiger partial charge in [0.25, 0.3) is 5.91 Å². The molecule has 1 amide bonds. The van der Waals surface area contributed by atoms with Crippen molar-refractivity contribution in [2.24, 2.45) is 17.3 Å². The zero-order valence-electron chi connectivity index (χ0n) is 16.5. The van der Waals surface area contributed by atoms with E-state index in [4.69, 9.17) is 4.74 Å². The number of methoxy groups -OCH3 is 1. The quantitative estimate of drug-likeness (QED) is 0.736. The van der Waals surface area contributed by atoms with Crippen LogP contribution >= 0.6 is 0 Å². The van der Waals surface area contributed by atoms with Gasteiger partial charge in [0, 0.05) is 18.8 Å². The van der Waals surface area contributed by atoms with E-state index in [1.165, 1.54) is 25.7 Å². The molecule has 148 valence electrons. The zero-order chi connectivity index (χ0) is 20.0. The Morgan fingerprint density at radius 1 is 1.22 bits per heavy atom. The van der Waals surface area contributed by atoms with E-state index in [1.807, 2.05) is 20.8 Å². The van der Waals surface area contributed by atoms with Gasteiger partial charge >= 0.3 is 5.97 Å². The Kier molecular flexibility index (Phi) is 7.05. The molecule has 0 unspecified atom stereocenters. The Labute approximate surface area is 160 Å². The van der Waals surface area contributed by atoms with Crippen molar-refractivity contribution < 1.29 is 19.1 Å². The average molecular weight is 375 g/mol. The van der Waals surface area contributed by atoms with E-state index < -0.39 is 29.3 Å². The summed E-state index contributed by atoms with van der Waals surface area (Å²) in [5, 5.41) is 2.85. The van der Waals surface area contributed by atoms with E-state index in [9.17, 15) is 14.4 Å². The summed E-state index contributed by atoms with van der Waals surface area (Å²) in [6.45, 7) is 5.72. The second kappa shape index (κ2) is 9.06. The van der Waals surface area contributed by atoms with Crippen LogP contribution in [0, 0.1) is 17.3 Å². The third kappa shape index (κ3) is 5.58. The molecule has 7 heteroatoms. The van der Waals surface area contributed by atoms with Gasteiger partial charge in [-0.2, -0.15) is 0 Å². The van der Waals surface area contributed by atoms with Crippen molar-refractivity contribution in [3.8, 4) is 0 Å². The maximum atomic E-state index is 13.1. The standard InChI is InChI=1S/C20H29N3O4/c1-20(2,3)14(19(26)27-4)11-16(24)17(13-7-5-6-8-13)23-18(25)15-12-21-9-10-22-15/h9-10,12-14,17H,5-8,11H2,1-4H3,(H,23,25)/t14-,17+/m1/s1. The number of nitrogens with zero attached hydrogens (tertiary/aromatic N) is 2. The molecular weight excluding hydrogens is 346 g/mol. The molecule has 0 saturated heterocycles. The Morgan fingerprint density at radius 3 is 2.41 bits per heavy atom. The highest BCUT2D eigenvalue weighted by Crippen LogP contribution is 2.33. The number of Topliss-reactive ketones (excluding diaryl/α,β-unsaturated/α-hetero) is 1. The minimum absolute atomic E-state index is 0.0398. The monoisotopic (exact) mass is 375 g/mol. The predicted molar refractivity (Wildman–Crippen MR) is 99.8 cm³/mol. The average Bonchev–Trinajstić information content (AvgIpc) is 3.17. The third-order valence-electron chi connectivity index (χ3n) is 5.24. The number of hydrogen-bond donors (Lipinski definition) is 1. The van der Waals surface area contributed by atoms with Crippen molar-refractivity contribution in [3.05, 3.63) is 24.3 Å². The second-order valence-corrected chi connectivity index (χ2v) is 8.20. The molecule has 7 nitrogen and oxygen atoms in total. The summed E-state index contributed by atoms with van der Waals surface area (Å²) in [5.41, 5.74) is -0.244. The first-order valence-electron chi connectivity index (χ1n) is 9.41. The lowest BCUT2D eigenvalue weighted by molar-refractivity contribution is -0.151. The number of carbonyl (C=O) groups excluding carboxylic acids is 3. The van der Waals surface area contributed by atoms with Crippen LogP contribution in [-0.2, 0) is 14.3 Å². The van der Waals surface area contributed by atoms with Gasteiger partial charge in [-0.05, 0) is 24.2 Å². The summed E-state index contributed by atoms with van der Waals surface area (Å²) in [4.78, 5) is 45.7. The van der Waals surface area contributed by atoms with E-state index in [2.05, 4.69) is 15.3 Å². The molecule has 1 aliphatic rings. The van der Waals surface area contributed by atoms with Gasteiger partial charge in [-0.1, -0.05) is 33.6 Å². The minimum atomic E-state index is -0.628. The van der Waals surface area contributed by atoms with Crippen molar-refractivity contribution in [1.82, 2.24) is 15.3 Å². The number of nitrogens with one attached hydrogen (secondary N) is 1. The first-order chi connectivity index (χ1) is 12.7. The SMILES string of the molecule is COC(=O)[C@@H](CC(=O)[C@@H](NC(=O)c1cnccn1)C1CCCC1)C(C)(C)C. The molecule has 1 N–H and O–H groups in total. The lowest BCUT2D eigenvalue weighted by Crippen LogP contribution is -2.47. The number of ether oxygens (including phenoxy) is 1. The molecular formula is C20H29N3O4. The molecule has 27 heavy (non-hydrogen) atoms. The largest absolute Gasteiger partial charge is 0.469 e. The molecule has 1 aliphatic carbocycles. The molecule has 1 saturated carbocycles. The summed E-state index contributed by atoms with van der Waals surface area (Å²) >= 11 is 0. The molecule has 1 heterocycles. The zero-order valence-corrected chi connectivity index (χ0v) is 16.5. The maximum absolute atomic E-state index is 13.1. The van der Waals surface area contributed by atoms with Gasteiger partial charge in [-0.25, -0.2) is 4.98 Å². The normalized spacial score (nSPS) is 17.2. The van der Waals surface area contributed by atoms with Crippen LogP contribution in [0.25, 0.3) is 0 Å². The van der Waals surface area contributed by atoms with Crippen LogP contribution in [-0.4, -0.2) is 40.8 Å². The summed E-state index contributed by atoms with van der Waals surface area (Å²) in [6.07, 6.45) is 8.18. The summed E-state index contributed by atoms with van der Waals surface area (Å²) in [7, 11) is 1.33. The first kappa shape index (κ1) is 21.0. The van der Waals surface area contributed by atoms with Crippen LogP contribution < -0.4 is 5.32 Å². The van der Waals surface area contributed by atoms with Crippen LogP contribution in [0.1, 0.15) is 63.4 Å². The van der Waals surface area contributed by atoms with Crippen molar-refractivity contribution in [3.63, 3.8) is 0 Å². The van der Waals surface area contributed by atoms with Crippen molar-refractivity contribution in [1.29, 1.82) is 0 Å². The fourth-order valence-electron chi connectivity index (χ4n) is 3.60. The van der Waals surface area contributed by atoms with Gasteiger partial charge in [0.05, 0.1) is 25.3 Å². The van der Waals surface area contributed by atoms with Crippen LogP contribution in [0.4, 0.5) is 0 Å². The molecule has 2 atom stereocenters. The summed E-state index contributed by atoms with van der Waals surface area (Å²) in [6, 6.07) is -0.628. The highest BCUT2D eigenvalue weighted by atomic mass is 16.5. The number of ketones is 1. The van der Waals surface area contributed by atoms with Gasteiger partial charge in [0.15, 0.2) is 5.78 Å². The minimum Gasteiger partial charge on any atom is -0.469 e. The van der Waals surface area contributed by atoms with Crippen LogP contribution in [0.15, 0.2) is 18.6 Å². The number of carbonyl (C=O) groups is 3. The van der Waals surface area contributed by atoms with Crippen molar-refractivity contribution >= 4 is 17.7 Å². The molecule has 0 bridgehead atoms. The highest BCUT2D eigenvalue weighted by Gasteiger charge is 2.39. The molecule has 0 aromatic carbocycles. The van der Waals surface area contributed by atoms with Gasteiger partial charge in [-0.15, -0.1) is 0 Å². The number of rotatable bonds is 7. The van der Waals surface area contributed by atoms with Crippen molar-refractivity contribution in [2.45, 2.75) is 58.9 Å². The molecule has 0 radical (unpaired) electrons. The predicted octanol–water partition coefficient (Wildman–Crippen LogP) is 2.56. The number of amides is 1. The number of esters is 1. The molecule has 1 aromatic rings. The molecule has 1 fully saturated rings. The van der Waals surface area contributed by atoms with E-state index in [0.29, 0.717) is 0 Å². The van der Waals surface area contributed by atoms with Gasteiger partial charge in [0.2, 0.25) is 0 Å². The fraction of sp³-hybridized carbons (Fsp3) is 0.650.